The zero-order valence-corrected chi connectivity index (χ0v) is 11.2. The molecule has 1 amide bonds. The van der Waals surface area contributed by atoms with Crippen LogP contribution in [0.4, 0.5) is 4.39 Å². The Hall–Kier alpha value is -2.36. The number of carbonyl (C=O) groups is 1. The Morgan fingerprint density at radius 1 is 1.25 bits per heavy atom. The van der Waals surface area contributed by atoms with Gasteiger partial charge in [-0.3, -0.25) is 4.79 Å². The quantitative estimate of drug-likeness (QED) is 0.900. The summed E-state index contributed by atoms with van der Waals surface area (Å²) in [4.78, 5) is 11.8. The number of phenolic OH excluding ortho intramolecular Hbond substituents is 1. The second-order valence-electron chi connectivity index (χ2n) is 4.63. The summed E-state index contributed by atoms with van der Waals surface area (Å²) in [6, 6.07) is 11.8. The van der Waals surface area contributed by atoms with E-state index in [4.69, 9.17) is 0 Å². The molecule has 2 aromatic carbocycles. The minimum atomic E-state index is -0.724. The molecule has 0 saturated heterocycles. The Morgan fingerprint density at radius 2 is 2.00 bits per heavy atom. The highest BCUT2D eigenvalue weighted by atomic mass is 19.1. The van der Waals surface area contributed by atoms with Crippen LogP contribution in [0.3, 0.4) is 0 Å². The van der Waals surface area contributed by atoms with Gasteiger partial charge in [-0.05, 0) is 31.0 Å². The lowest BCUT2D eigenvalue weighted by Crippen LogP contribution is -2.26. The minimum absolute atomic E-state index is 0.309. The summed E-state index contributed by atoms with van der Waals surface area (Å²) in [6.07, 6.45) is 0.655. The topological polar surface area (TPSA) is 49.3 Å². The van der Waals surface area contributed by atoms with Crippen molar-refractivity contribution in [2.75, 3.05) is 6.54 Å². The van der Waals surface area contributed by atoms with E-state index in [0.717, 1.165) is 17.2 Å². The molecule has 0 fully saturated rings. The number of amides is 1. The van der Waals surface area contributed by atoms with E-state index in [0.29, 0.717) is 13.0 Å². The average molecular weight is 273 g/mol. The molecule has 20 heavy (non-hydrogen) atoms. The highest BCUT2D eigenvalue weighted by Gasteiger charge is 2.15. The Bertz CT molecular complexity index is 605. The molecule has 2 N–H and O–H groups in total. The van der Waals surface area contributed by atoms with Crippen molar-refractivity contribution in [2.45, 2.75) is 13.3 Å². The second-order valence-corrected chi connectivity index (χ2v) is 4.63. The van der Waals surface area contributed by atoms with Gasteiger partial charge in [0.15, 0.2) is 0 Å². The third-order valence-electron chi connectivity index (χ3n) is 3.00. The number of benzene rings is 2. The van der Waals surface area contributed by atoms with E-state index in [9.17, 15) is 14.3 Å². The van der Waals surface area contributed by atoms with Crippen LogP contribution in [0.1, 0.15) is 21.5 Å². The standard InChI is InChI=1S/C16H16FNO2/c1-11-4-2-5-12(10-11)8-9-18-16(20)15-13(17)6-3-7-14(15)19/h2-7,10,19H,8-9H2,1H3,(H,18,20). The zero-order chi connectivity index (χ0) is 14.5. The number of carbonyl (C=O) groups excluding carboxylic acids is 1. The van der Waals surface area contributed by atoms with Crippen LogP contribution in [0, 0.1) is 12.7 Å². The highest BCUT2D eigenvalue weighted by molar-refractivity contribution is 5.97. The maximum Gasteiger partial charge on any atom is 0.258 e. The summed E-state index contributed by atoms with van der Waals surface area (Å²) in [6.45, 7) is 2.38. The molecule has 0 aliphatic heterocycles. The largest absolute Gasteiger partial charge is 0.507 e. The fraction of sp³-hybridized carbons (Fsp3) is 0.188. The molecule has 0 aromatic heterocycles. The van der Waals surface area contributed by atoms with Crippen molar-refractivity contribution in [3.8, 4) is 5.75 Å². The van der Waals surface area contributed by atoms with E-state index in [1.54, 1.807) is 0 Å². The third kappa shape index (κ3) is 3.35. The van der Waals surface area contributed by atoms with E-state index in [-0.39, 0.29) is 11.3 Å². The SMILES string of the molecule is Cc1cccc(CCNC(=O)c2c(O)cccc2F)c1. The summed E-state index contributed by atoms with van der Waals surface area (Å²) < 4.78 is 13.5. The first-order valence-corrected chi connectivity index (χ1v) is 6.39. The molecule has 0 atom stereocenters. The smallest absolute Gasteiger partial charge is 0.258 e. The molecule has 0 unspecified atom stereocenters. The van der Waals surface area contributed by atoms with Crippen LogP contribution in [0.15, 0.2) is 42.5 Å². The van der Waals surface area contributed by atoms with Gasteiger partial charge in [-0.2, -0.15) is 0 Å². The van der Waals surface area contributed by atoms with Gasteiger partial charge in [0.2, 0.25) is 0 Å². The molecule has 104 valence electrons. The van der Waals surface area contributed by atoms with Gasteiger partial charge in [-0.15, -0.1) is 0 Å². The second kappa shape index (κ2) is 6.19. The maximum atomic E-state index is 13.5. The maximum absolute atomic E-state index is 13.5. The molecule has 0 saturated carbocycles. The molecule has 0 spiro atoms. The lowest BCUT2D eigenvalue weighted by molar-refractivity contribution is 0.0947. The molecule has 0 aliphatic carbocycles. The van der Waals surface area contributed by atoms with Crippen molar-refractivity contribution in [1.29, 1.82) is 0 Å². The predicted molar refractivity (Wildman–Crippen MR) is 75.3 cm³/mol. The molecular weight excluding hydrogens is 257 g/mol. The van der Waals surface area contributed by atoms with Gasteiger partial charge in [-0.1, -0.05) is 35.9 Å². The van der Waals surface area contributed by atoms with Crippen molar-refractivity contribution < 1.29 is 14.3 Å². The molecule has 2 rings (SSSR count). The molecule has 2 aromatic rings. The molecule has 0 aliphatic rings. The van der Waals surface area contributed by atoms with Gasteiger partial charge in [0.05, 0.1) is 0 Å². The first-order chi connectivity index (χ1) is 9.58. The first kappa shape index (κ1) is 14.1. The van der Waals surface area contributed by atoms with Gasteiger partial charge >= 0.3 is 0 Å². The van der Waals surface area contributed by atoms with Gasteiger partial charge in [0, 0.05) is 6.54 Å². The lowest BCUT2D eigenvalue weighted by Gasteiger charge is -2.08. The summed E-state index contributed by atoms with van der Waals surface area (Å²) in [5.41, 5.74) is 1.94. The van der Waals surface area contributed by atoms with E-state index >= 15 is 0 Å². The van der Waals surface area contributed by atoms with Crippen molar-refractivity contribution >= 4 is 5.91 Å². The third-order valence-corrected chi connectivity index (χ3v) is 3.00. The Labute approximate surface area is 117 Å². The number of rotatable bonds is 4. The monoisotopic (exact) mass is 273 g/mol. The molecule has 0 radical (unpaired) electrons. The van der Waals surface area contributed by atoms with Gasteiger partial charge in [-0.25, -0.2) is 4.39 Å². The molecular formula is C16H16FNO2. The van der Waals surface area contributed by atoms with Gasteiger partial charge < -0.3 is 10.4 Å². The van der Waals surface area contributed by atoms with Crippen molar-refractivity contribution in [2.24, 2.45) is 0 Å². The summed E-state index contributed by atoms with van der Waals surface area (Å²) in [7, 11) is 0. The van der Waals surface area contributed by atoms with Crippen molar-refractivity contribution in [1.82, 2.24) is 5.32 Å². The van der Waals surface area contributed by atoms with Crippen LogP contribution >= 0.6 is 0 Å². The predicted octanol–water partition coefficient (Wildman–Crippen LogP) is 2.81. The van der Waals surface area contributed by atoms with Crippen LogP contribution < -0.4 is 5.32 Å². The highest BCUT2D eigenvalue weighted by Crippen LogP contribution is 2.19. The summed E-state index contributed by atoms with van der Waals surface area (Å²) >= 11 is 0. The molecule has 0 bridgehead atoms. The summed E-state index contributed by atoms with van der Waals surface area (Å²) in [5.74, 6) is -1.68. The molecule has 0 heterocycles. The number of phenols is 1. The van der Waals surface area contributed by atoms with Crippen molar-refractivity contribution in [3.63, 3.8) is 0 Å². The number of aromatic hydroxyl groups is 1. The number of halogens is 1. The van der Waals surface area contributed by atoms with Gasteiger partial charge in [0.25, 0.3) is 5.91 Å². The number of hydrogen-bond acceptors (Lipinski definition) is 2. The number of nitrogens with one attached hydrogen (secondary N) is 1. The minimum Gasteiger partial charge on any atom is -0.507 e. The average Bonchev–Trinajstić information content (AvgIpc) is 2.38. The number of hydrogen-bond donors (Lipinski definition) is 2. The normalized spacial score (nSPS) is 10.3. The zero-order valence-electron chi connectivity index (χ0n) is 11.2. The first-order valence-electron chi connectivity index (χ1n) is 6.39. The van der Waals surface area contributed by atoms with Crippen molar-refractivity contribution in [3.05, 3.63) is 65.0 Å². The van der Waals surface area contributed by atoms with E-state index in [2.05, 4.69) is 5.32 Å². The molecule has 4 heteroatoms. The van der Waals surface area contributed by atoms with E-state index in [1.165, 1.54) is 12.1 Å². The van der Waals surface area contributed by atoms with Crippen LogP contribution in [-0.4, -0.2) is 17.6 Å². The fourth-order valence-corrected chi connectivity index (χ4v) is 2.01. The van der Waals surface area contributed by atoms with E-state index < -0.39 is 11.7 Å². The van der Waals surface area contributed by atoms with Crippen LogP contribution in [0.2, 0.25) is 0 Å². The lowest BCUT2D eigenvalue weighted by atomic mass is 10.1. The van der Waals surface area contributed by atoms with Crippen LogP contribution in [0.25, 0.3) is 0 Å². The van der Waals surface area contributed by atoms with Crippen LogP contribution in [-0.2, 0) is 6.42 Å². The Kier molecular flexibility index (Phi) is 4.35. The number of aryl methyl sites for hydroxylation is 1. The fourth-order valence-electron chi connectivity index (χ4n) is 2.01. The Morgan fingerprint density at radius 3 is 2.70 bits per heavy atom. The van der Waals surface area contributed by atoms with Gasteiger partial charge in [0.1, 0.15) is 17.1 Å². The van der Waals surface area contributed by atoms with E-state index in [1.807, 2.05) is 31.2 Å². The van der Waals surface area contributed by atoms with Crippen LogP contribution in [0.5, 0.6) is 5.75 Å². The molecule has 3 nitrogen and oxygen atoms in total. The Balaban J connectivity index is 1.96. The summed E-state index contributed by atoms with van der Waals surface area (Å²) in [5, 5.41) is 12.1.